The number of aromatic nitrogens is 3. The van der Waals surface area contributed by atoms with E-state index in [1.165, 1.54) is 53.3 Å². The Morgan fingerprint density at radius 1 is 0.536 bits per heavy atom. The topological polar surface area (TPSA) is 371 Å². The lowest BCUT2D eigenvalue weighted by molar-refractivity contribution is -0.142. The average Bonchev–Trinajstić information content (AvgIpc) is 3.77. The van der Waals surface area contributed by atoms with Gasteiger partial charge >= 0.3 is 47.9 Å². The van der Waals surface area contributed by atoms with Crippen LogP contribution in [0.2, 0.25) is 0 Å². The third kappa shape index (κ3) is 17.3. The van der Waals surface area contributed by atoms with Gasteiger partial charge in [-0.3, -0.25) is 23.6 Å². The molecule has 4 rings (SSSR count). The monoisotopic (exact) mass is 961 g/mol. The number of nitrogens with zero attached hydrogens (tertiary/aromatic N) is 3. The van der Waals surface area contributed by atoms with E-state index >= 15 is 0 Å². The third-order valence-electron chi connectivity index (χ3n) is 10.3. The Balaban J connectivity index is 1.48. The molecule has 0 aliphatic carbocycles. The molecule has 24 heteroatoms. The van der Waals surface area contributed by atoms with Gasteiger partial charge in [0.2, 0.25) is 0 Å². The summed E-state index contributed by atoms with van der Waals surface area (Å²) in [5.74, 6) is -9.37. The molecule has 0 saturated carbocycles. The van der Waals surface area contributed by atoms with Crippen molar-refractivity contribution in [3.63, 3.8) is 0 Å². The van der Waals surface area contributed by atoms with Crippen molar-refractivity contribution in [1.82, 2.24) is 36.3 Å². The smallest absolute Gasteiger partial charge is 0.326 e. The second kappa shape index (κ2) is 25.4. The Kier molecular flexibility index (Phi) is 19.5. The van der Waals surface area contributed by atoms with E-state index in [1.807, 2.05) is 0 Å². The molecule has 23 nitrogen and oxygen atoms in total. The van der Waals surface area contributed by atoms with Crippen LogP contribution in [0.15, 0.2) is 72.9 Å². The molecular formula is C45H48FN7O16. The lowest BCUT2D eigenvalue weighted by atomic mass is 9.95. The van der Waals surface area contributed by atoms with E-state index in [0.29, 0.717) is 27.9 Å². The molecule has 0 radical (unpaired) electrons. The van der Waals surface area contributed by atoms with Gasteiger partial charge in [-0.2, -0.15) is 0 Å². The van der Waals surface area contributed by atoms with Gasteiger partial charge in [0, 0.05) is 49.7 Å². The van der Waals surface area contributed by atoms with Gasteiger partial charge in [0.25, 0.3) is 0 Å². The lowest BCUT2D eigenvalue weighted by Crippen LogP contribution is -2.51. The summed E-state index contributed by atoms with van der Waals surface area (Å²) in [7, 11) is 0. The van der Waals surface area contributed by atoms with Gasteiger partial charge in [-0.15, -0.1) is 5.10 Å². The number of carboxylic acids is 6. The Morgan fingerprint density at radius 2 is 0.913 bits per heavy atom. The van der Waals surface area contributed by atoms with Crippen LogP contribution in [0.4, 0.5) is 14.0 Å². The number of urea groups is 2. The number of amides is 4. The molecule has 4 aromatic rings. The number of halogens is 1. The number of aryl methyl sites for hydroxylation is 1. The lowest BCUT2D eigenvalue weighted by Gasteiger charge is -2.18. The van der Waals surface area contributed by atoms with Crippen LogP contribution < -0.4 is 21.3 Å². The predicted molar refractivity (Wildman–Crippen MR) is 235 cm³/mol. The van der Waals surface area contributed by atoms with Crippen LogP contribution in [0, 0.1) is 0 Å². The van der Waals surface area contributed by atoms with Crippen molar-refractivity contribution in [2.75, 3.05) is 6.67 Å². The van der Waals surface area contributed by atoms with Crippen LogP contribution in [0.1, 0.15) is 80.8 Å². The van der Waals surface area contributed by atoms with Crippen LogP contribution in [0.3, 0.4) is 0 Å². The van der Waals surface area contributed by atoms with Gasteiger partial charge in [-0.25, -0.2) is 33.4 Å². The minimum absolute atomic E-state index is 0.105. The Labute approximate surface area is 390 Å². The molecule has 10 N–H and O–H groups in total. The average molecular weight is 962 g/mol. The quantitative estimate of drug-likeness (QED) is 0.0365. The number of ketones is 2. The molecule has 4 amide bonds. The highest BCUT2D eigenvalue weighted by Gasteiger charge is 2.27. The summed E-state index contributed by atoms with van der Waals surface area (Å²) < 4.78 is 14.2. The van der Waals surface area contributed by atoms with Crippen molar-refractivity contribution in [2.45, 2.75) is 88.4 Å². The molecule has 0 aliphatic rings. The van der Waals surface area contributed by atoms with E-state index in [2.05, 4.69) is 31.6 Å². The summed E-state index contributed by atoms with van der Waals surface area (Å²) in [5, 5.41) is 72.4. The standard InChI is InChI=1S/C45H48FN7O16/c46-15-1-2-30-23-53(52-51-30)31-21-28(36(54)18-26-7-3-24(4-8-26)16-34(42(64)65)49-44(68)47-32(40(60)61)11-13-38(56)57)20-29(22-31)37(55)19-27-9-5-25(6-10-27)17-35(43(66)67)50-45(69)48-33(41(62)63)12-14-39(58)59/h3-10,20-23,32-35H,1-2,11-19H2,(H,56,57)(H,58,59)(H,60,61)(H,62,63)(H,64,65)(H,66,67)(H2,47,49,68)(H2,48,50,69)/t32-,33-,34-,35-/m0/s1. The van der Waals surface area contributed by atoms with Gasteiger partial charge < -0.3 is 51.9 Å². The Morgan fingerprint density at radius 3 is 1.28 bits per heavy atom. The van der Waals surface area contributed by atoms with Crippen molar-refractivity contribution >= 4 is 59.4 Å². The number of aliphatic carboxylic acids is 6. The maximum atomic E-state index is 13.8. The van der Waals surface area contributed by atoms with Gasteiger partial charge in [-0.1, -0.05) is 53.7 Å². The Bertz CT molecular complexity index is 2400. The molecule has 0 aliphatic heterocycles. The van der Waals surface area contributed by atoms with E-state index < -0.39 is 116 Å². The summed E-state index contributed by atoms with van der Waals surface area (Å²) in [6.07, 6.45) is -0.872. The first-order valence-corrected chi connectivity index (χ1v) is 21.0. The number of carbonyl (C=O) groups excluding carboxylic acids is 4. The maximum absolute atomic E-state index is 13.8. The number of carbonyl (C=O) groups is 10. The minimum Gasteiger partial charge on any atom is -0.481 e. The molecule has 3 aromatic carbocycles. The predicted octanol–water partition coefficient (Wildman–Crippen LogP) is 2.25. The van der Waals surface area contributed by atoms with Crippen LogP contribution in [-0.2, 0) is 60.9 Å². The molecule has 0 bridgehead atoms. The van der Waals surface area contributed by atoms with Crippen molar-refractivity contribution in [2.24, 2.45) is 0 Å². The SMILES string of the molecule is O=C(O)CC[C@H](NC(=O)N[C@@H](Cc1ccc(CC(=O)c2cc(C(=O)Cc3ccc(C[C@H](NC(=O)N[C@@H](CCC(=O)O)C(=O)O)C(=O)O)cc3)cc(-n3cc(CCCF)nn3)c2)cc1)C(=O)O)C(=O)O. The summed E-state index contributed by atoms with van der Waals surface area (Å²) in [5.41, 5.74) is 2.76. The second-order valence-corrected chi connectivity index (χ2v) is 15.6. The van der Waals surface area contributed by atoms with Crippen molar-refractivity contribution in [1.29, 1.82) is 0 Å². The normalized spacial score (nSPS) is 12.6. The van der Waals surface area contributed by atoms with E-state index in [-0.39, 0.29) is 55.3 Å². The third-order valence-corrected chi connectivity index (χ3v) is 10.3. The molecular weight excluding hydrogens is 914 g/mol. The molecule has 1 heterocycles. The molecule has 1 aromatic heterocycles. The second-order valence-electron chi connectivity index (χ2n) is 15.6. The van der Waals surface area contributed by atoms with Crippen molar-refractivity contribution < 1.29 is 83.0 Å². The number of benzene rings is 3. The highest BCUT2D eigenvalue weighted by atomic mass is 19.1. The van der Waals surface area contributed by atoms with Crippen molar-refractivity contribution in [3.05, 3.63) is 112 Å². The number of hydrogen-bond acceptors (Lipinski definition) is 12. The molecule has 0 spiro atoms. The van der Waals surface area contributed by atoms with Crippen LogP contribution in [0.5, 0.6) is 0 Å². The molecule has 4 atom stereocenters. The molecule has 0 saturated heterocycles. The maximum Gasteiger partial charge on any atom is 0.326 e. The minimum atomic E-state index is -1.59. The van der Waals surface area contributed by atoms with E-state index in [1.54, 1.807) is 24.3 Å². The number of alkyl halides is 1. The number of carboxylic acid groups (broad SMARTS) is 6. The van der Waals surface area contributed by atoms with Crippen LogP contribution in [0.25, 0.3) is 5.69 Å². The zero-order valence-corrected chi connectivity index (χ0v) is 36.5. The number of Topliss-reactive ketones (excluding diaryl/α,β-unsaturated/α-hetero) is 2. The molecule has 0 unspecified atom stereocenters. The Hall–Kier alpha value is -8.57. The zero-order valence-electron chi connectivity index (χ0n) is 36.5. The first kappa shape index (κ1) is 53.0. The van der Waals surface area contributed by atoms with Gasteiger partial charge in [-0.05, 0) is 66.1 Å². The number of nitrogens with one attached hydrogen (secondary N) is 4. The first-order chi connectivity index (χ1) is 32.7. The van der Waals surface area contributed by atoms with E-state index in [0.717, 1.165) is 0 Å². The van der Waals surface area contributed by atoms with Crippen LogP contribution >= 0.6 is 0 Å². The fraction of sp³-hybridized carbons (Fsp3) is 0.333. The fourth-order valence-electron chi connectivity index (χ4n) is 6.65. The first-order valence-electron chi connectivity index (χ1n) is 21.0. The van der Waals surface area contributed by atoms with Crippen LogP contribution in [-0.4, -0.2) is 136 Å². The van der Waals surface area contributed by atoms with Gasteiger partial charge in [0.05, 0.1) is 24.3 Å². The van der Waals surface area contributed by atoms with Crippen molar-refractivity contribution in [3.8, 4) is 5.69 Å². The summed E-state index contributed by atoms with van der Waals surface area (Å²) in [6, 6.07) is 8.17. The highest BCUT2D eigenvalue weighted by Crippen LogP contribution is 2.20. The zero-order chi connectivity index (χ0) is 50.8. The number of rotatable bonds is 28. The summed E-state index contributed by atoms with van der Waals surface area (Å²) in [6.45, 7) is -0.584. The fourth-order valence-corrected chi connectivity index (χ4v) is 6.65. The summed E-state index contributed by atoms with van der Waals surface area (Å²) >= 11 is 0. The highest BCUT2D eigenvalue weighted by molar-refractivity contribution is 6.03. The molecule has 69 heavy (non-hydrogen) atoms. The molecule has 366 valence electrons. The molecule has 0 fully saturated rings. The largest absolute Gasteiger partial charge is 0.481 e. The van der Waals surface area contributed by atoms with E-state index in [4.69, 9.17) is 10.2 Å². The number of hydrogen-bond donors (Lipinski definition) is 10. The van der Waals surface area contributed by atoms with E-state index in [9.17, 15) is 72.8 Å². The van der Waals surface area contributed by atoms with Gasteiger partial charge in [0.15, 0.2) is 11.6 Å². The summed E-state index contributed by atoms with van der Waals surface area (Å²) in [4.78, 5) is 121. The van der Waals surface area contributed by atoms with Gasteiger partial charge in [0.1, 0.15) is 24.2 Å².